The van der Waals surface area contributed by atoms with Gasteiger partial charge in [-0.1, -0.05) is 24.3 Å². The molecule has 0 saturated heterocycles. The number of ether oxygens (including phenoxy) is 2. The van der Waals surface area contributed by atoms with Crippen molar-refractivity contribution >= 4 is 7.60 Å². The fourth-order valence-corrected chi connectivity index (χ4v) is 2.37. The number of hydrogen-bond donors (Lipinski definition) is 2. The highest BCUT2D eigenvalue weighted by Gasteiger charge is 2.28. The van der Waals surface area contributed by atoms with E-state index in [1.54, 1.807) is 31.4 Å². The highest BCUT2D eigenvalue weighted by Crippen LogP contribution is 2.43. The zero-order valence-electron chi connectivity index (χ0n) is 12.6. The molecule has 1 unspecified atom stereocenters. The number of methoxy groups -OCH3 is 1. The maximum Gasteiger partial charge on any atom is 0.359 e. The van der Waals surface area contributed by atoms with Crippen molar-refractivity contribution in [3.8, 4) is 11.5 Å². The van der Waals surface area contributed by atoms with Crippen LogP contribution in [0, 0.1) is 0 Å². The molecule has 0 radical (unpaired) electrons. The van der Waals surface area contributed by atoms with Crippen LogP contribution >= 0.6 is 7.60 Å². The molecule has 0 spiro atoms. The molecule has 0 fully saturated rings. The van der Waals surface area contributed by atoms with Crippen LogP contribution < -0.4 is 9.47 Å². The molecule has 2 aromatic rings. The van der Waals surface area contributed by atoms with Gasteiger partial charge in [0.1, 0.15) is 18.1 Å². The number of alkyl halides is 1. The molecule has 0 heterocycles. The Labute approximate surface area is 133 Å². The van der Waals surface area contributed by atoms with Gasteiger partial charge in [0.05, 0.1) is 7.11 Å². The van der Waals surface area contributed by atoms with Crippen LogP contribution in [0.15, 0.2) is 48.5 Å². The summed E-state index contributed by atoms with van der Waals surface area (Å²) in [5.74, 6) is -0.825. The van der Waals surface area contributed by atoms with Crippen molar-refractivity contribution in [3.63, 3.8) is 0 Å². The largest absolute Gasteiger partial charge is 0.497 e. The van der Waals surface area contributed by atoms with E-state index < -0.39 is 13.5 Å². The molecule has 5 nitrogen and oxygen atoms in total. The van der Waals surface area contributed by atoms with Crippen LogP contribution in [-0.2, 0) is 17.6 Å². The van der Waals surface area contributed by atoms with Crippen LogP contribution in [0.3, 0.4) is 0 Å². The summed E-state index contributed by atoms with van der Waals surface area (Å²) in [6.45, 7) is 0.373. The molecule has 0 bridgehead atoms. The molecule has 0 amide bonds. The first-order valence-corrected chi connectivity index (χ1v) is 8.60. The molecule has 2 rings (SSSR count). The van der Waals surface area contributed by atoms with Gasteiger partial charge in [-0.2, -0.15) is 0 Å². The van der Waals surface area contributed by atoms with E-state index in [4.69, 9.17) is 19.3 Å². The molecule has 0 saturated carbocycles. The highest BCUT2D eigenvalue weighted by atomic mass is 31.2. The molecule has 7 heteroatoms. The Bertz CT molecular complexity index is 666. The number of rotatable bonds is 7. The van der Waals surface area contributed by atoms with Crippen LogP contribution in [0.1, 0.15) is 11.1 Å². The van der Waals surface area contributed by atoms with Crippen molar-refractivity contribution in [2.45, 2.75) is 18.9 Å². The van der Waals surface area contributed by atoms with E-state index in [9.17, 15) is 8.96 Å². The van der Waals surface area contributed by atoms with Gasteiger partial charge < -0.3 is 19.3 Å². The van der Waals surface area contributed by atoms with Gasteiger partial charge in [0.25, 0.3) is 0 Å². The predicted molar refractivity (Wildman–Crippen MR) is 84.4 cm³/mol. The van der Waals surface area contributed by atoms with E-state index in [-0.39, 0.29) is 6.42 Å². The summed E-state index contributed by atoms with van der Waals surface area (Å²) >= 11 is 0. The molecule has 23 heavy (non-hydrogen) atoms. The summed E-state index contributed by atoms with van der Waals surface area (Å²) in [7, 11) is -3.10. The number of benzene rings is 2. The predicted octanol–water partition coefficient (Wildman–Crippen LogP) is 3.29. The summed E-state index contributed by atoms with van der Waals surface area (Å²) < 4.78 is 34.8. The molecule has 2 aromatic carbocycles. The summed E-state index contributed by atoms with van der Waals surface area (Å²) in [5, 5.41) is 0. The van der Waals surface area contributed by atoms with E-state index >= 15 is 0 Å². The van der Waals surface area contributed by atoms with Gasteiger partial charge in [0, 0.05) is 6.42 Å². The summed E-state index contributed by atoms with van der Waals surface area (Å²) in [6.07, 6.45) is -0.330. The number of hydrogen-bond acceptors (Lipinski definition) is 3. The zero-order chi connectivity index (χ0) is 16.9. The zero-order valence-corrected chi connectivity index (χ0v) is 13.4. The summed E-state index contributed by atoms with van der Waals surface area (Å²) in [5.41, 5.74) is 1.47. The van der Waals surface area contributed by atoms with E-state index in [0.717, 1.165) is 11.3 Å². The lowest BCUT2D eigenvalue weighted by Gasteiger charge is -2.11. The molecule has 0 aliphatic heterocycles. The fourth-order valence-electron chi connectivity index (χ4n) is 1.92. The lowest BCUT2D eigenvalue weighted by Crippen LogP contribution is -2.05. The topological polar surface area (TPSA) is 76.0 Å². The van der Waals surface area contributed by atoms with Gasteiger partial charge >= 0.3 is 7.60 Å². The molecule has 1 atom stereocenters. The van der Waals surface area contributed by atoms with E-state index in [1.807, 2.05) is 24.3 Å². The minimum absolute atomic E-state index is 0.330. The Kier molecular flexibility index (Phi) is 5.77. The Morgan fingerprint density at radius 2 is 1.52 bits per heavy atom. The third kappa shape index (κ3) is 5.36. The number of halogens is 1. The molecular formula is C16H18FO5P. The van der Waals surface area contributed by atoms with Crippen LogP contribution in [0.2, 0.25) is 0 Å². The molecule has 124 valence electrons. The maximum atomic E-state index is 13.3. The average molecular weight is 340 g/mol. The van der Waals surface area contributed by atoms with Crippen molar-refractivity contribution in [2.24, 2.45) is 0 Å². The van der Waals surface area contributed by atoms with Gasteiger partial charge in [-0.05, 0) is 35.4 Å². The van der Waals surface area contributed by atoms with Gasteiger partial charge in [0.15, 0.2) is 0 Å². The van der Waals surface area contributed by atoms with Crippen molar-refractivity contribution in [1.29, 1.82) is 0 Å². The van der Waals surface area contributed by atoms with Crippen LogP contribution in [-0.4, -0.2) is 22.8 Å². The third-order valence-corrected chi connectivity index (χ3v) is 4.17. The van der Waals surface area contributed by atoms with Crippen molar-refractivity contribution in [3.05, 3.63) is 59.7 Å². The van der Waals surface area contributed by atoms with E-state index in [1.165, 1.54) is 0 Å². The Hall–Kier alpha value is -1.88. The van der Waals surface area contributed by atoms with Gasteiger partial charge in [-0.25, -0.2) is 4.39 Å². The Morgan fingerprint density at radius 3 is 2.04 bits per heavy atom. The fraction of sp³-hybridized carbons (Fsp3) is 0.250. The molecular weight excluding hydrogens is 322 g/mol. The van der Waals surface area contributed by atoms with Crippen LogP contribution in [0.5, 0.6) is 11.5 Å². The first-order valence-electron chi connectivity index (χ1n) is 6.92. The first-order chi connectivity index (χ1) is 10.9. The van der Waals surface area contributed by atoms with Crippen molar-refractivity contribution in [1.82, 2.24) is 0 Å². The lowest BCUT2D eigenvalue weighted by atomic mass is 10.1. The Morgan fingerprint density at radius 1 is 1.00 bits per heavy atom. The first kappa shape index (κ1) is 17.5. The SMILES string of the molecule is COc1ccc(COc2ccc(CC(F)P(=O)(O)O)cc2)cc1. The summed E-state index contributed by atoms with van der Waals surface area (Å²) in [4.78, 5) is 17.5. The lowest BCUT2D eigenvalue weighted by molar-refractivity contribution is 0.298. The van der Waals surface area contributed by atoms with Gasteiger partial charge in [0.2, 0.25) is 5.91 Å². The second-order valence-electron chi connectivity index (χ2n) is 5.01. The second-order valence-corrected chi connectivity index (χ2v) is 6.75. The van der Waals surface area contributed by atoms with Crippen molar-refractivity contribution < 1.29 is 28.2 Å². The van der Waals surface area contributed by atoms with Gasteiger partial charge in [-0.3, -0.25) is 4.57 Å². The minimum atomic E-state index is -4.70. The normalized spacial score (nSPS) is 12.7. The average Bonchev–Trinajstić information content (AvgIpc) is 2.54. The Balaban J connectivity index is 1.90. The third-order valence-electron chi connectivity index (χ3n) is 3.26. The van der Waals surface area contributed by atoms with E-state index in [0.29, 0.717) is 17.9 Å². The molecule has 0 aliphatic carbocycles. The maximum absolute atomic E-state index is 13.3. The molecule has 0 aromatic heterocycles. The smallest absolute Gasteiger partial charge is 0.359 e. The highest BCUT2D eigenvalue weighted by molar-refractivity contribution is 7.52. The minimum Gasteiger partial charge on any atom is -0.497 e. The monoisotopic (exact) mass is 340 g/mol. The standard InChI is InChI=1S/C16H18FO5P/c1-21-14-6-4-13(5-7-14)11-22-15-8-2-12(3-9-15)10-16(17)23(18,19)20/h2-9,16H,10-11H2,1H3,(H2,18,19,20). The summed E-state index contributed by atoms with van der Waals surface area (Å²) in [6, 6.07) is 13.9. The second kappa shape index (κ2) is 7.59. The van der Waals surface area contributed by atoms with E-state index in [2.05, 4.69) is 0 Å². The van der Waals surface area contributed by atoms with Crippen LogP contribution in [0.4, 0.5) is 4.39 Å². The molecule has 2 N–H and O–H groups in total. The quantitative estimate of drug-likeness (QED) is 0.757. The van der Waals surface area contributed by atoms with Crippen molar-refractivity contribution in [2.75, 3.05) is 7.11 Å². The van der Waals surface area contributed by atoms with Crippen LogP contribution in [0.25, 0.3) is 0 Å². The van der Waals surface area contributed by atoms with Gasteiger partial charge in [-0.15, -0.1) is 0 Å². The molecule has 0 aliphatic rings.